The van der Waals surface area contributed by atoms with Gasteiger partial charge in [0.15, 0.2) is 6.10 Å². The zero-order valence-electron chi connectivity index (χ0n) is 15.1. The molecule has 0 radical (unpaired) electrons. The van der Waals surface area contributed by atoms with Gasteiger partial charge in [0.1, 0.15) is 5.75 Å². The molecule has 1 amide bonds. The van der Waals surface area contributed by atoms with Gasteiger partial charge in [-0.2, -0.15) is 0 Å². The van der Waals surface area contributed by atoms with Crippen LogP contribution in [0.4, 0.5) is 0 Å². The van der Waals surface area contributed by atoms with Gasteiger partial charge in [0.25, 0.3) is 5.91 Å². The Morgan fingerprint density at radius 1 is 1.12 bits per heavy atom. The highest BCUT2D eigenvalue weighted by atomic mass is 16.5. The number of rotatable bonds is 6. The quantitative estimate of drug-likeness (QED) is 0.847. The molecule has 0 aromatic heterocycles. The monoisotopic (exact) mass is 338 g/mol. The van der Waals surface area contributed by atoms with E-state index in [-0.39, 0.29) is 5.91 Å². The van der Waals surface area contributed by atoms with Crippen LogP contribution in [0.15, 0.2) is 42.5 Å². The molecule has 0 spiro atoms. The third-order valence-electron chi connectivity index (χ3n) is 4.58. The van der Waals surface area contributed by atoms with Gasteiger partial charge in [0, 0.05) is 19.6 Å². The molecule has 1 atom stereocenters. The molecule has 1 heterocycles. The van der Waals surface area contributed by atoms with Crippen LogP contribution in [0.1, 0.15) is 48.9 Å². The molecular weight excluding hydrogens is 312 g/mol. The first-order valence-electron chi connectivity index (χ1n) is 8.88. The molecule has 25 heavy (non-hydrogen) atoms. The molecule has 132 valence electrons. The number of hydrogen-bond acceptors (Lipinski definition) is 3. The molecule has 1 aliphatic heterocycles. The summed E-state index contributed by atoms with van der Waals surface area (Å²) in [5.74, 6) is 1.06. The van der Waals surface area contributed by atoms with Crippen LogP contribution in [0, 0.1) is 0 Å². The van der Waals surface area contributed by atoms with Crippen molar-refractivity contribution >= 4 is 5.91 Å². The Hall–Kier alpha value is -2.33. The minimum Gasteiger partial charge on any atom is -0.481 e. The number of amides is 1. The number of carbonyl (C=O) groups is 1. The van der Waals surface area contributed by atoms with Crippen molar-refractivity contribution in [3.8, 4) is 5.75 Å². The van der Waals surface area contributed by atoms with Crippen molar-refractivity contribution in [2.45, 2.75) is 52.4 Å². The van der Waals surface area contributed by atoms with Crippen molar-refractivity contribution in [1.29, 1.82) is 0 Å². The second-order valence-electron chi connectivity index (χ2n) is 6.91. The minimum atomic E-state index is -0.529. The number of nitrogens with one attached hydrogen (secondary N) is 2. The summed E-state index contributed by atoms with van der Waals surface area (Å²) in [6, 6.07) is 14.3. The maximum Gasteiger partial charge on any atom is 0.261 e. The first kappa shape index (κ1) is 17.5. The van der Waals surface area contributed by atoms with Crippen LogP contribution in [-0.2, 0) is 24.4 Å². The van der Waals surface area contributed by atoms with E-state index < -0.39 is 6.10 Å². The number of carbonyl (C=O) groups excluding carboxylic acids is 1. The Morgan fingerprint density at radius 2 is 1.92 bits per heavy atom. The van der Waals surface area contributed by atoms with Crippen molar-refractivity contribution < 1.29 is 9.53 Å². The molecule has 2 aromatic rings. The van der Waals surface area contributed by atoms with Gasteiger partial charge in [0.05, 0.1) is 0 Å². The maximum atomic E-state index is 12.3. The third kappa shape index (κ3) is 4.40. The SMILES string of the molecule is CC(Oc1cccc(C(C)C)c1)C(=O)NCc1ccc2c(c1)CNC2. The zero-order valence-corrected chi connectivity index (χ0v) is 15.1. The number of benzene rings is 2. The van der Waals surface area contributed by atoms with Gasteiger partial charge in [-0.1, -0.05) is 44.2 Å². The summed E-state index contributed by atoms with van der Waals surface area (Å²) < 4.78 is 5.81. The van der Waals surface area contributed by atoms with Crippen LogP contribution in [0.5, 0.6) is 5.75 Å². The summed E-state index contributed by atoms with van der Waals surface area (Å²) in [5, 5.41) is 6.29. The minimum absolute atomic E-state index is 0.103. The van der Waals surface area contributed by atoms with E-state index in [0.717, 1.165) is 24.4 Å². The number of fused-ring (bicyclic) bond motifs is 1. The molecule has 4 heteroatoms. The summed E-state index contributed by atoms with van der Waals surface area (Å²) in [5.41, 5.74) is 4.99. The molecule has 0 aliphatic carbocycles. The lowest BCUT2D eigenvalue weighted by Crippen LogP contribution is -2.35. The lowest BCUT2D eigenvalue weighted by Gasteiger charge is -2.16. The fourth-order valence-corrected chi connectivity index (χ4v) is 3.00. The Bertz CT molecular complexity index is 755. The van der Waals surface area contributed by atoms with Gasteiger partial charge >= 0.3 is 0 Å². The van der Waals surface area contributed by atoms with E-state index in [1.54, 1.807) is 6.92 Å². The highest BCUT2D eigenvalue weighted by Gasteiger charge is 2.16. The predicted octanol–water partition coefficient (Wildman–Crippen LogP) is 3.50. The molecule has 0 saturated carbocycles. The van der Waals surface area contributed by atoms with Crippen LogP contribution in [-0.4, -0.2) is 12.0 Å². The molecule has 4 nitrogen and oxygen atoms in total. The highest BCUT2D eigenvalue weighted by Crippen LogP contribution is 2.21. The van der Waals surface area contributed by atoms with E-state index >= 15 is 0 Å². The normalized spacial score (nSPS) is 14.2. The largest absolute Gasteiger partial charge is 0.481 e. The average molecular weight is 338 g/mol. The molecule has 1 aliphatic rings. The van der Waals surface area contributed by atoms with Gasteiger partial charge in [0.2, 0.25) is 0 Å². The molecular formula is C21H26N2O2. The summed E-state index contributed by atoms with van der Waals surface area (Å²) in [4.78, 5) is 12.3. The topological polar surface area (TPSA) is 50.4 Å². The fourth-order valence-electron chi connectivity index (χ4n) is 3.00. The zero-order chi connectivity index (χ0) is 17.8. The van der Waals surface area contributed by atoms with E-state index in [2.05, 4.69) is 48.7 Å². The lowest BCUT2D eigenvalue weighted by molar-refractivity contribution is -0.127. The fraction of sp³-hybridized carbons (Fsp3) is 0.381. The third-order valence-corrected chi connectivity index (χ3v) is 4.58. The van der Waals surface area contributed by atoms with E-state index in [0.29, 0.717) is 12.5 Å². The summed E-state index contributed by atoms with van der Waals surface area (Å²) in [6.07, 6.45) is -0.529. The Morgan fingerprint density at radius 3 is 2.72 bits per heavy atom. The van der Waals surface area contributed by atoms with E-state index in [1.807, 2.05) is 18.2 Å². The van der Waals surface area contributed by atoms with Crippen molar-refractivity contribution in [1.82, 2.24) is 10.6 Å². The maximum absolute atomic E-state index is 12.3. The highest BCUT2D eigenvalue weighted by molar-refractivity contribution is 5.80. The summed E-state index contributed by atoms with van der Waals surface area (Å²) in [7, 11) is 0. The summed E-state index contributed by atoms with van der Waals surface area (Å²) in [6.45, 7) is 8.42. The van der Waals surface area contributed by atoms with Crippen LogP contribution >= 0.6 is 0 Å². The van der Waals surface area contributed by atoms with Gasteiger partial charge in [-0.15, -0.1) is 0 Å². The predicted molar refractivity (Wildman–Crippen MR) is 99.5 cm³/mol. The Kier molecular flexibility index (Phi) is 5.39. The van der Waals surface area contributed by atoms with E-state index in [1.165, 1.54) is 16.7 Å². The molecule has 1 unspecified atom stereocenters. The van der Waals surface area contributed by atoms with Crippen LogP contribution < -0.4 is 15.4 Å². The molecule has 0 saturated heterocycles. The van der Waals surface area contributed by atoms with Crippen molar-refractivity contribution in [2.24, 2.45) is 0 Å². The van der Waals surface area contributed by atoms with Crippen LogP contribution in [0.3, 0.4) is 0 Å². The van der Waals surface area contributed by atoms with E-state index in [9.17, 15) is 4.79 Å². The number of ether oxygens (including phenoxy) is 1. The number of hydrogen-bond donors (Lipinski definition) is 2. The molecule has 3 rings (SSSR count). The van der Waals surface area contributed by atoms with Gasteiger partial charge in [-0.3, -0.25) is 4.79 Å². The Labute approximate surface area is 149 Å². The molecule has 0 bridgehead atoms. The average Bonchev–Trinajstić information content (AvgIpc) is 3.07. The second kappa shape index (κ2) is 7.70. The summed E-state index contributed by atoms with van der Waals surface area (Å²) >= 11 is 0. The smallest absolute Gasteiger partial charge is 0.261 e. The standard InChI is InChI=1S/C21H26N2O2/c1-14(2)17-5-4-6-20(10-17)25-15(3)21(24)23-11-16-7-8-18-12-22-13-19(18)9-16/h4-10,14-15,22H,11-13H2,1-3H3,(H,23,24). The lowest BCUT2D eigenvalue weighted by atomic mass is 10.0. The first-order chi connectivity index (χ1) is 12.0. The van der Waals surface area contributed by atoms with Gasteiger partial charge in [-0.25, -0.2) is 0 Å². The van der Waals surface area contributed by atoms with Crippen LogP contribution in [0.25, 0.3) is 0 Å². The van der Waals surface area contributed by atoms with Gasteiger partial charge in [-0.05, 0) is 47.2 Å². The van der Waals surface area contributed by atoms with Gasteiger partial charge < -0.3 is 15.4 Å². The molecule has 2 aromatic carbocycles. The molecule has 0 fully saturated rings. The van der Waals surface area contributed by atoms with E-state index in [4.69, 9.17) is 4.74 Å². The van der Waals surface area contributed by atoms with Crippen molar-refractivity contribution in [3.63, 3.8) is 0 Å². The van der Waals surface area contributed by atoms with Crippen molar-refractivity contribution in [2.75, 3.05) is 0 Å². The van der Waals surface area contributed by atoms with Crippen LogP contribution in [0.2, 0.25) is 0 Å². The second-order valence-corrected chi connectivity index (χ2v) is 6.91. The Balaban J connectivity index is 1.55. The van der Waals surface area contributed by atoms with Crippen molar-refractivity contribution in [3.05, 3.63) is 64.7 Å². The molecule has 2 N–H and O–H groups in total. The first-order valence-corrected chi connectivity index (χ1v) is 8.88.